The second-order valence-electron chi connectivity index (χ2n) is 4.17. The van der Waals surface area contributed by atoms with Gasteiger partial charge in [-0.1, -0.05) is 29.8 Å². The van der Waals surface area contributed by atoms with E-state index in [1.165, 1.54) is 0 Å². The minimum atomic E-state index is -0.121. The molecule has 1 rings (SSSR count). The lowest BCUT2D eigenvalue weighted by Crippen LogP contribution is -2.37. The Kier molecular flexibility index (Phi) is 7.26. The molecule has 19 heavy (non-hydrogen) atoms. The van der Waals surface area contributed by atoms with E-state index < -0.39 is 0 Å². The first-order chi connectivity index (χ1) is 8.41. The van der Waals surface area contributed by atoms with Crippen molar-refractivity contribution in [2.75, 3.05) is 0 Å². The Labute approximate surface area is 124 Å². The normalized spacial score (nSPS) is 9.68. The van der Waals surface area contributed by atoms with Crippen LogP contribution in [0, 0.1) is 5.41 Å². The summed E-state index contributed by atoms with van der Waals surface area (Å²) in [6, 6.07) is 7.61. The van der Waals surface area contributed by atoms with E-state index in [4.69, 9.17) is 28.5 Å². The van der Waals surface area contributed by atoms with Crippen LogP contribution in [0.1, 0.15) is 19.4 Å². The van der Waals surface area contributed by atoms with Gasteiger partial charge < -0.3 is 16.4 Å². The van der Waals surface area contributed by atoms with Gasteiger partial charge in [-0.2, -0.15) is 4.99 Å². The average Bonchev–Trinajstić information content (AvgIpc) is 2.26. The lowest BCUT2D eigenvalue weighted by molar-refractivity contribution is 0.337. The molecule has 0 atom stereocenters. The Hall–Kier alpha value is -1.46. The zero-order valence-electron chi connectivity index (χ0n) is 10.9. The molecule has 5 nitrogen and oxygen atoms in total. The Morgan fingerprint density at radius 1 is 1.37 bits per heavy atom. The molecule has 0 heterocycles. The topological polar surface area (TPSA) is 91.5 Å². The van der Waals surface area contributed by atoms with E-state index in [1.54, 1.807) is 4.90 Å². The number of hydrogen-bond acceptors (Lipinski definition) is 1. The van der Waals surface area contributed by atoms with Gasteiger partial charge in [0.05, 0.1) is 0 Å². The van der Waals surface area contributed by atoms with E-state index in [2.05, 4.69) is 4.99 Å². The largest absolute Gasteiger partial charge is 0.370 e. The smallest absolute Gasteiger partial charge is 0.221 e. The molecule has 0 aliphatic heterocycles. The summed E-state index contributed by atoms with van der Waals surface area (Å²) in [7, 11) is 0. The van der Waals surface area contributed by atoms with Crippen molar-refractivity contribution in [2.24, 2.45) is 16.5 Å². The number of halogens is 2. The summed E-state index contributed by atoms with van der Waals surface area (Å²) in [6.45, 7) is 4.42. The fourth-order valence-corrected chi connectivity index (χ4v) is 1.69. The van der Waals surface area contributed by atoms with Crippen LogP contribution >= 0.6 is 24.0 Å². The maximum atomic E-state index is 7.86. The molecule has 106 valence electrons. The molecule has 0 aliphatic carbocycles. The summed E-state index contributed by atoms with van der Waals surface area (Å²) in [6.07, 6.45) is 0. The second-order valence-corrected chi connectivity index (χ2v) is 4.58. The van der Waals surface area contributed by atoms with Gasteiger partial charge in [0, 0.05) is 17.6 Å². The molecule has 0 amide bonds. The summed E-state index contributed by atoms with van der Waals surface area (Å²) < 4.78 is 0. The van der Waals surface area contributed by atoms with Crippen molar-refractivity contribution in [2.45, 2.75) is 26.4 Å². The van der Waals surface area contributed by atoms with Gasteiger partial charge in [0.1, 0.15) is 0 Å². The molecule has 1 aromatic carbocycles. The van der Waals surface area contributed by atoms with Gasteiger partial charge in [-0.05, 0) is 25.5 Å². The van der Waals surface area contributed by atoms with Crippen molar-refractivity contribution in [3.63, 3.8) is 0 Å². The van der Waals surface area contributed by atoms with Gasteiger partial charge in [0.2, 0.25) is 5.96 Å². The van der Waals surface area contributed by atoms with E-state index in [1.807, 2.05) is 38.1 Å². The van der Waals surface area contributed by atoms with Crippen LogP contribution in [0.2, 0.25) is 5.02 Å². The Morgan fingerprint density at radius 2 is 1.95 bits per heavy atom. The van der Waals surface area contributed by atoms with Gasteiger partial charge in [0.25, 0.3) is 0 Å². The fraction of sp³-hybridized carbons (Fsp3) is 0.333. The molecule has 0 spiro atoms. The number of guanidine groups is 2. The number of hydrogen-bond donors (Lipinski definition) is 3. The van der Waals surface area contributed by atoms with E-state index in [-0.39, 0.29) is 30.4 Å². The summed E-state index contributed by atoms with van der Waals surface area (Å²) in [5.41, 5.74) is 11.5. The number of nitrogens with one attached hydrogen (secondary N) is 1. The van der Waals surface area contributed by atoms with Crippen LogP contribution in [0.25, 0.3) is 0 Å². The molecular weight excluding hydrogens is 285 g/mol. The number of nitrogens with zero attached hydrogens (tertiary/aromatic N) is 2. The standard InChI is InChI=1S/C12H18ClN5.ClH/c1-8(2)18(12(16)17-11(14)15)7-9-5-3-4-6-10(9)13;/h3-6,8H,7H2,1-2H3,(H5,14,15,16,17);1H. The van der Waals surface area contributed by atoms with Crippen LogP contribution in [0.3, 0.4) is 0 Å². The molecular formula is C12H19Cl2N5. The minimum absolute atomic E-state index is 0. The summed E-state index contributed by atoms with van der Waals surface area (Å²) in [5, 5.41) is 8.53. The Balaban J connectivity index is 0.00000324. The summed E-state index contributed by atoms with van der Waals surface area (Å²) in [5.74, 6) is -0.0882. The molecule has 1 aromatic rings. The first-order valence-electron chi connectivity index (χ1n) is 5.60. The highest BCUT2D eigenvalue weighted by molar-refractivity contribution is 6.31. The van der Waals surface area contributed by atoms with E-state index in [0.29, 0.717) is 11.6 Å². The molecule has 0 saturated heterocycles. The van der Waals surface area contributed by atoms with E-state index in [9.17, 15) is 0 Å². The maximum Gasteiger partial charge on any atom is 0.221 e. The summed E-state index contributed by atoms with van der Waals surface area (Å²) in [4.78, 5) is 5.53. The van der Waals surface area contributed by atoms with E-state index in [0.717, 1.165) is 5.56 Å². The zero-order valence-corrected chi connectivity index (χ0v) is 12.5. The fourth-order valence-electron chi connectivity index (χ4n) is 1.50. The van der Waals surface area contributed by atoms with Crippen LogP contribution in [0.5, 0.6) is 0 Å². The zero-order chi connectivity index (χ0) is 13.7. The molecule has 0 radical (unpaired) electrons. The molecule has 0 unspecified atom stereocenters. The van der Waals surface area contributed by atoms with Crippen LogP contribution in [-0.2, 0) is 6.54 Å². The predicted octanol–water partition coefficient (Wildman–Crippen LogP) is 2.18. The number of nitrogens with two attached hydrogens (primary N) is 2. The third-order valence-electron chi connectivity index (χ3n) is 2.43. The van der Waals surface area contributed by atoms with Crippen LogP contribution in [0.15, 0.2) is 29.3 Å². The minimum Gasteiger partial charge on any atom is -0.370 e. The monoisotopic (exact) mass is 303 g/mol. The Bertz CT molecular complexity index is 455. The number of aliphatic imine (C=N–C) groups is 1. The molecule has 0 aliphatic rings. The second kappa shape index (κ2) is 7.86. The lowest BCUT2D eigenvalue weighted by atomic mass is 10.2. The third kappa shape index (κ3) is 5.36. The van der Waals surface area contributed by atoms with Crippen molar-refractivity contribution in [1.82, 2.24) is 4.90 Å². The molecule has 7 heteroatoms. The third-order valence-corrected chi connectivity index (χ3v) is 2.80. The van der Waals surface area contributed by atoms with Crippen molar-refractivity contribution < 1.29 is 0 Å². The van der Waals surface area contributed by atoms with Crippen LogP contribution in [0.4, 0.5) is 0 Å². The first kappa shape index (κ1) is 17.5. The molecule has 5 N–H and O–H groups in total. The average molecular weight is 304 g/mol. The SMILES string of the molecule is CC(C)N(Cc1ccccc1Cl)C(=N)N=C(N)N.Cl. The molecule has 0 bridgehead atoms. The predicted molar refractivity (Wildman–Crippen MR) is 82.9 cm³/mol. The Morgan fingerprint density at radius 3 is 2.42 bits per heavy atom. The first-order valence-corrected chi connectivity index (χ1v) is 5.98. The van der Waals surface area contributed by atoms with Gasteiger partial charge in [0.15, 0.2) is 5.96 Å². The lowest BCUT2D eigenvalue weighted by Gasteiger charge is -2.27. The quantitative estimate of drug-likeness (QED) is 0.590. The van der Waals surface area contributed by atoms with Gasteiger partial charge >= 0.3 is 0 Å². The highest BCUT2D eigenvalue weighted by Gasteiger charge is 2.15. The molecule has 0 aromatic heterocycles. The van der Waals surface area contributed by atoms with Crippen LogP contribution < -0.4 is 11.5 Å². The van der Waals surface area contributed by atoms with Crippen molar-refractivity contribution in [1.29, 1.82) is 5.41 Å². The highest BCUT2D eigenvalue weighted by atomic mass is 35.5. The number of rotatable bonds is 3. The van der Waals surface area contributed by atoms with Crippen molar-refractivity contribution in [3.05, 3.63) is 34.9 Å². The highest BCUT2D eigenvalue weighted by Crippen LogP contribution is 2.18. The van der Waals surface area contributed by atoms with Crippen molar-refractivity contribution >= 4 is 35.9 Å². The van der Waals surface area contributed by atoms with Gasteiger partial charge in [-0.15, -0.1) is 12.4 Å². The molecule has 0 saturated carbocycles. The van der Waals surface area contributed by atoms with Crippen LogP contribution in [-0.4, -0.2) is 22.9 Å². The van der Waals surface area contributed by atoms with Crippen molar-refractivity contribution in [3.8, 4) is 0 Å². The maximum absolute atomic E-state index is 7.86. The van der Waals surface area contributed by atoms with Gasteiger partial charge in [-0.25, -0.2) is 0 Å². The van der Waals surface area contributed by atoms with E-state index >= 15 is 0 Å². The molecule has 0 fully saturated rings. The number of benzene rings is 1. The summed E-state index contributed by atoms with van der Waals surface area (Å²) >= 11 is 6.10. The van der Waals surface area contributed by atoms with Gasteiger partial charge in [-0.3, -0.25) is 5.41 Å².